The largest absolute Gasteiger partial charge is 0.365 e. The lowest BCUT2D eigenvalue weighted by Gasteiger charge is -2.45. The number of rotatable bonds is 6. The van der Waals surface area contributed by atoms with Crippen molar-refractivity contribution in [2.24, 2.45) is 0 Å². The van der Waals surface area contributed by atoms with E-state index in [0.717, 1.165) is 18.9 Å². The standard InChI is InChI=1S/C22H22N4O2/c27-22(25-28)18-11-12-20(23-13-18)24-19-14-26(15-19)21(16-7-3-1-4-8-16)17-9-5-2-6-10-17/h1-13,19,21,28H,14-15H2,(H,23,24)(H,25,27). The van der Waals surface area contributed by atoms with Crippen molar-refractivity contribution in [2.75, 3.05) is 18.4 Å². The molecule has 3 N–H and O–H groups in total. The van der Waals surface area contributed by atoms with E-state index in [9.17, 15) is 4.79 Å². The Labute approximate surface area is 163 Å². The molecule has 1 aromatic heterocycles. The number of nitrogens with one attached hydrogen (secondary N) is 2. The molecule has 0 radical (unpaired) electrons. The Morgan fingerprint density at radius 3 is 2.07 bits per heavy atom. The summed E-state index contributed by atoms with van der Waals surface area (Å²) >= 11 is 0. The lowest BCUT2D eigenvalue weighted by molar-refractivity contribution is 0.0706. The number of hydrogen-bond donors (Lipinski definition) is 3. The molecule has 1 fully saturated rings. The van der Waals surface area contributed by atoms with Crippen LogP contribution in [0.4, 0.5) is 5.82 Å². The molecule has 0 spiro atoms. The average Bonchev–Trinajstić information content (AvgIpc) is 2.73. The van der Waals surface area contributed by atoms with Crippen molar-refractivity contribution in [3.63, 3.8) is 0 Å². The summed E-state index contributed by atoms with van der Waals surface area (Å²) in [6, 6.07) is 25.0. The predicted octanol–water partition coefficient (Wildman–Crippen LogP) is 3.09. The molecule has 0 aliphatic carbocycles. The Hall–Kier alpha value is -3.22. The fourth-order valence-corrected chi connectivity index (χ4v) is 3.59. The van der Waals surface area contributed by atoms with E-state index >= 15 is 0 Å². The Bertz CT molecular complexity index is 871. The highest BCUT2D eigenvalue weighted by Gasteiger charge is 2.34. The van der Waals surface area contributed by atoms with Crippen LogP contribution in [0.5, 0.6) is 0 Å². The molecule has 1 aliphatic rings. The maximum absolute atomic E-state index is 11.4. The van der Waals surface area contributed by atoms with Crippen molar-refractivity contribution >= 4 is 11.7 Å². The maximum Gasteiger partial charge on any atom is 0.276 e. The van der Waals surface area contributed by atoms with Gasteiger partial charge in [-0.1, -0.05) is 60.7 Å². The van der Waals surface area contributed by atoms with Crippen molar-refractivity contribution in [1.29, 1.82) is 0 Å². The first kappa shape index (κ1) is 18.2. The van der Waals surface area contributed by atoms with Crippen LogP contribution in [0.2, 0.25) is 0 Å². The topological polar surface area (TPSA) is 77.5 Å². The number of benzene rings is 2. The van der Waals surface area contributed by atoms with Crippen molar-refractivity contribution in [3.8, 4) is 0 Å². The molecule has 2 heterocycles. The molecule has 1 saturated heterocycles. The van der Waals surface area contributed by atoms with Crippen molar-refractivity contribution < 1.29 is 10.0 Å². The highest BCUT2D eigenvalue weighted by atomic mass is 16.5. The van der Waals surface area contributed by atoms with Gasteiger partial charge in [0.15, 0.2) is 0 Å². The van der Waals surface area contributed by atoms with Crippen LogP contribution in [0.3, 0.4) is 0 Å². The molecule has 0 saturated carbocycles. The van der Waals surface area contributed by atoms with Crippen LogP contribution in [0.15, 0.2) is 79.0 Å². The third-order valence-corrected chi connectivity index (χ3v) is 4.98. The van der Waals surface area contributed by atoms with Gasteiger partial charge in [-0.05, 0) is 23.3 Å². The van der Waals surface area contributed by atoms with Crippen LogP contribution < -0.4 is 10.8 Å². The lowest BCUT2D eigenvalue weighted by Crippen LogP contribution is -2.56. The number of hydrogen-bond acceptors (Lipinski definition) is 5. The minimum absolute atomic E-state index is 0.226. The number of anilines is 1. The molecule has 0 bridgehead atoms. The molecule has 2 aromatic carbocycles. The fraction of sp³-hybridized carbons (Fsp3) is 0.182. The van der Waals surface area contributed by atoms with E-state index in [-0.39, 0.29) is 6.04 Å². The van der Waals surface area contributed by atoms with E-state index in [1.54, 1.807) is 17.6 Å². The zero-order chi connectivity index (χ0) is 19.3. The molecule has 0 unspecified atom stereocenters. The fourth-order valence-electron chi connectivity index (χ4n) is 3.59. The summed E-state index contributed by atoms with van der Waals surface area (Å²) in [7, 11) is 0. The van der Waals surface area contributed by atoms with Gasteiger partial charge in [0.1, 0.15) is 5.82 Å². The summed E-state index contributed by atoms with van der Waals surface area (Å²) in [5.74, 6) is 0.151. The van der Waals surface area contributed by atoms with Gasteiger partial charge >= 0.3 is 0 Å². The van der Waals surface area contributed by atoms with E-state index in [2.05, 4.69) is 63.7 Å². The summed E-state index contributed by atoms with van der Waals surface area (Å²) < 4.78 is 0. The second kappa shape index (κ2) is 8.21. The molecule has 6 heteroatoms. The maximum atomic E-state index is 11.4. The van der Waals surface area contributed by atoms with Crippen LogP contribution in [0.1, 0.15) is 27.5 Å². The van der Waals surface area contributed by atoms with Gasteiger partial charge in [0.2, 0.25) is 0 Å². The Morgan fingerprint density at radius 1 is 0.964 bits per heavy atom. The molecule has 3 aromatic rings. The molecular weight excluding hydrogens is 352 g/mol. The number of pyridine rings is 1. The molecule has 28 heavy (non-hydrogen) atoms. The number of hydroxylamine groups is 1. The average molecular weight is 374 g/mol. The first-order valence-corrected chi connectivity index (χ1v) is 9.25. The van der Waals surface area contributed by atoms with E-state index in [1.165, 1.54) is 17.3 Å². The van der Waals surface area contributed by atoms with Gasteiger partial charge in [-0.25, -0.2) is 10.5 Å². The number of aromatic nitrogens is 1. The minimum Gasteiger partial charge on any atom is -0.365 e. The normalized spacial score (nSPS) is 14.5. The van der Waals surface area contributed by atoms with Crippen LogP contribution in [-0.4, -0.2) is 40.1 Å². The van der Waals surface area contributed by atoms with Crippen LogP contribution in [0.25, 0.3) is 0 Å². The molecule has 6 nitrogen and oxygen atoms in total. The summed E-state index contributed by atoms with van der Waals surface area (Å²) in [6.07, 6.45) is 1.45. The van der Waals surface area contributed by atoms with Gasteiger partial charge in [-0.3, -0.25) is 14.9 Å². The van der Waals surface area contributed by atoms with E-state index < -0.39 is 5.91 Å². The Kier molecular flexibility index (Phi) is 5.32. The van der Waals surface area contributed by atoms with Crippen LogP contribution in [-0.2, 0) is 0 Å². The van der Waals surface area contributed by atoms with E-state index in [4.69, 9.17) is 5.21 Å². The number of carbonyl (C=O) groups excluding carboxylic acids is 1. The SMILES string of the molecule is O=C(NO)c1ccc(NC2CN(C(c3ccccc3)c3ccccc3)C2)nc1. The molecule has 4 rings (SSSR count). The monoisotopic (exact) mass is 374 g/mol. The van der Waals surface area contributed by atoms with Crippen LogP contribution >= 0.6 is 0 Å². The summed E-state index contributed by atoms with van der Waals surface area (Å²) in [4.78, 5) is 18.1. The second-order valence-electron chi connectivity index (χ2n) is 6.89. The summed E-state index contributed by atoms with van der Waals surface area (Å²) in [5.41, 5.74) is 4.49. The smallest absolute Gasteiger partial charge is 0.276 e. The van der Waals surface area contributed by atoms with E-state index in [1.807, 2.05) is 12.1 Å². The first-order chi connectivity index (χ1) is 13.7. The summed E-state index contributed by atoms with van der Waals surface area (Å²) in [6.45, 7) is 1.80. The number of amides is 1. The van der Waals surface area contributed by atoms with Crippen molar-refractivity contribution in [3.05, 3.63) is 95.7 Å². The minimum atomic E-state index is -0.567. The second-order valence-corrected chi connectivity index (χ2v) is 6.89. The molecule has 1 aliphatic heterocycles. The molecule has 0 atom stereocenters. The third-order valence-electron chi connectivity index (χ3n) is 4.98. The van der Waals surface area contributed by atoms with Crippen molar-refractivity contribution in [2.45, 2.75) is 12.1 Å². The number of likely N-dealkylation sites (tertiary alicyclic amines) is 1. The number of nitrogens with zero attached hydrogens (tertiary/aromatic N) is 2. The zero-order valence-electron chi connectivity index (χ0n) is 15.3. The van der Waals surface area contributed by atoms with Gasteiger partial charge in [-0.2, -0.15) is 0 Å². The lowest BCUT2D eigenvalue weighted by atomic mass is 9.93. The molecule has 1 amide bonds. The van der Waals surface area contributed by atoms with Crippen LogP contribution in [0, 0.1) is 0 Å². The van der Waals surface area contributed by atoms with Gasteiger partial charge in [0, 0.05) is 19.3 Å². The summed E-state index contributed by atoms with van der Waals surface area (Å²) in [5, 5.41) is 12.1. The first-order valence-electron chi connectivity index (χ1n) is 9.25. The van der Waals surface area contributed by atoms with Gasteiger partial charge in [-0.15, -0.1) is 0 Å². The quantitative estimate of drug-likeness (QED) is 0.457. The highest BCUT2D eigenvalue weighted by molar-refractivity contribution is 5.93. The third kappa shape index (κ3) is 3.88. The van der Waals surface area contributed by atoms with Gasteiger partial charge in [0.05, 0.1) is 17.6 Å². The highest BCUT2D eigenvalue weighted by Crippen LogP contribution is 2.32. The predicted molar refractivity (Wildman–Crippen MR) is 107 cm³/mol. The van der Waals surface area contributed by atoms with E-state index in [0.29, 0.717) is 11.6 Å². The van der Waals surface area contributed by atoms with Crippen molar-refractivity contribution in [1.82, 2.24) is 15.4 Å². The number of carbonyl (C=O) groups is 1. The Balaban J connectivity index is 1.43. The van der Waals surface area contributed by atoms with Gasteiger partial charge in [0.25, 0.3) is 5.91 Å². The zero-order valence-corrected chi connectivity index (χ0v) is 15.3. The van der Waals surface area contributed by atoms with Gasteiger partial charge < -0.3 is 5.32 Å². The molecule has 142 valence electrons. The molecular formula is C22H22N4O2. The Morgan fingerprint density at radius 2 is 1.57 bits per heavy atom.